The van der Waals surface area contributed by atoms with Crippen LogP contribution in [0.2, 0.25) is 0 Å². The summed E-state index contributed by atoms with van der Waals surface area (Å²) in [7, 11) is 0. The molecule has 0 atom stereocenters. The number of hydrogen-bond donors (Lipinski definition) is 1. The Bertz CT molecular complexity index is 1450. The van der Waals surface area contributed by atoms with Crippen LogP contribution in [0.4, 0.5) is 28.9 Å². The lowest BCUT2D eigenvalue weighted by atomic mass is 10.0. The van der Waals surface area contributed by atoms with Crippen LogP contribution in [0.15, 0.2) is 53.5 Å². The summed E-state index contributed by atoms with van der Waals surface area (Å²) < 4.78 is 60.2. The highest BCUT2D eigenvalue weighted by atomic mass is 32.1. The van der Waals surface area contributed by atoms with Crippen LogP contribution in [-0.4, -0.2) is 27.4 Å². The van der Waals surface area contributed by atoms with Gasteiger partial charge in [0.25, 0.3) is 11.8 Å². The lowest BCUT2D eigenvalue weighted by Crippen LogP contribution is -2.44. The van der Waals surface area contributed by atoms with Gasteiger partial charge in [-0.3, -0.25) is 14.5 Å². The molecule has 0 spiro atoms. The lowest BCUT2D eigenvalue weighted by molar-refractivity contribution is -0.137. The molecule has 4 rings (SSSR count). The van der Waals surface area contributed by atoms with E-state index in [9.17, 15) is 27.2 Å². The van der Waals surface area contributed by atoms with Gasteiger partial charge in [-0.2, -0.15) is 18.4 Å². The molecule has 0 unspecified atom stereocenters. The molecule has 37 heavy (non-hydrogen) atoms. The van der Waals surface area contributed by atoms with Gasteiger partial charge in [0, 0.05) is 17.8 Å². The highest BCUT2D eigenvalue weighted by Gasteiger charge is 2.50. The minimum absolute atomic E-state index is 0.0243. The Morgan fingerprint density at radius 1 is 1.22 bits per heavy atom. The summed E-state index contributed by atoms with van der Waals surface area (Å²) in [4.78, 5) is 31.2. The standard InChI is InChI=1S/C24H17F4N5O3S/c1-23(2)21(35)32(15-5-3-13(9-29)17(7-15)24(26,27)28)22(37)33(23)16-6-4-14(18(25)8-16)10-30-20(34)19-11-36-12-31-19/h3-8,11-12H,10H2,1-2H3,(H,30,34). The maximum atomic E-state index is 15.0. The van der Waals surface area contributed by atoms with Gasteiger partial charge < -0.3 is 14.6 Å². The quantitative estimate of drug-likeness (QED) is 0.381. The zero-order valence-corrected chi connectivity index (χ0v) is 20.1. The molecule has 1 N–H and O–H groups in total. The molecule has 1 fully saturated rings. The number of carbonyl (C=O) groups excluding carboxylic acids is 2. The van der Waals surface area contributed by atoms with E-state index >= 15 is 0 Å². The van der Waals surface area contributed by atoms with Crippen LogP contribution in [0.5, 0.6) is 0 Å². The fourth-order valence-corrected chi connectivity index (χ4v) is 4.39. The Balaban J connectivity index is 1.63. The first-order valence-electron chi connectivity index (χ1n) is 10.6. The number of nitrogens with zero attached hydrogens (tertiary/aromatic N) is 4. The van der Waals surface area contributed by atoms with Crippen LogP contribution in [0, 0.1) is 17.1 Å². The van der Waals surface area contributed by atoms with Crippen LogP contribution in [-0.2, 0) is 17.5 Å². The van der Waals surface area contributed by atoms with Crippen LogP contribution < -0.4 is 15.1 Å². The minimum atomic E-state index is -4.83. The Labute approximate surface area is 213 Å². The summed E-state index contributed by atoms with van der Waals surface area (Å²) in [6, 6.07) is 8.31. The smallest absolute Gasteiger partial charge is 0.417 e. The largest absolute Gasteiger partial charge is 0.451 e. The molecule has 1 saturated heterocycles. The zero-order valence-electron chi connectivity index (χ0n) is 19.3. The van der Waals surface area contributed by atoms with E-state index in [1.54, 1.807) is 0 Å². The van der Waals surface area contributed by atoms with Gasteiger partial charge in [0.2, 0.25) is 0 Å². The van der Waals surface area contributed by atoms with Crippen molar-refractivity contribution in [1.29, 1.82) is 5.26 Å². The van der Waals surface area contributed by atoms with E-state index in [0.717, 1.165) is 29.7 Å². The number of amides is 2. The predicted octanol–water partition coefficient (Wildman–Crippen LogP) is 4.55. The SMILES string of the molecule is CC1(C)C(=O)N(c2ccc(C#N)c(C(F)(F)F)c2)C(=S)N1c1ccc(CNC(=O)c2cocn2)c(F)c1. The van der Waals surface area contributed by atoms with Crippen molar-refractivity contribution in [2.45, 2.75) is 32.1 Å². The average molecular weight is 531 g/mol. The summed E-state index contributed by atoms with van der Waals surface area (Å²) in [6.07, 6.45) is -2.61. The number of anilines is 2. The number of nitrogens with one attached hydrogen (secondary N) is 1. The van der Waals surface area contributed by atoms with Gasteiger partial charge in [-0.25, -0.2) is 9.37 Å². The fraction of sp³-hybridized carbons (Fsp3) is 0.208. The monoisotopic (exact) mass is 531 g/mol. The second-order valence-corrected chi connectivity index (χ2v) is 8.85. The molecule has 2 amide bonds. The third kappa shape index (κ3) is 4.63. The van der Waals surface area contributed by atoms with Crippen molar-refractivity contribution in [3.05, 3.63) is 77.3 Å². The Kier molecular flexibility index (Phi) is 6.47. The third-order valence-corrected chi connectivity index (χ3v) is 6.12. The Morgan fingerprint density at radius 3 is 2.51 bits per heavy atom. The second-order valence-electron chi connectivity index (χ2n) is 8.49. The predicted molar refractivity (Wildman–Crippen MR) is 127 cm³/mol. The molecule has 1 aliphatic heterocycles. The molecule has 0 radical (unpaired) electrons. The van der Waals surface area contributed by atoms with Gasteiger partial charge in [-0.1, -0.05) is 6.07 Å². The molecular weight excluding hydrogens is 514 g/mol. The van der Waals surface area contributed by atoms with Crippen molar-refractivity contribution >= 4 is 40.5 Å². The van der Waals surface area contributed by atoms with E-state index in [-0.39, 0.29) is 34.3 Å². The normalized spacial score (nSPS) is 15.2. The maximum Gasteiger partial charge on any atom is 0.417 e. The Morgan fingerprint density at radius 2 is 1.92 bits per heavy atom. The number of halogens is 4. The van der Waals surface area contributed by atoms with Crippen LogP contribution >= 0.6 is 12.2 Å². The molecule has 1 aromatic heterocycles. The molecule has 2 aromatic carbocycles. The number of carbonyl (C=O) groups is 2. The van der Waals surface area contributed by atoms with Gasteiger partial charge in [-0.15, -0.1) is 0 Å². The number of aromatic nitrogens is 1. The van der Waals surface area contributed by atoms with Crippen LogP contribution in [0.3, 0.4) is 0 Å². The molecule has 8 nitrogen and oxygen atoms in total. The van der Waals surface area contributed by atoms with E-state index < -0.39 is 40.5 Å². The molecular formula is C24H17F4N5O3S. The van der Waals surface area contributed by atoms with E-state index in [1.807, 2.05) is 0 Å². The maximum absolute atomic E-state index is 15.0. The molecule has 3 aromatic rings. The molecule has 0 bridgehead atoms. The summed E-state index contributed by atoms with van der Waals surface area (Å²) in [5.74, 6) is -1.92. The molecule has 2 heterocycles. The number of hydrogen-bond acceptors (Lipinski definition) is 6. The second kappa shape index (κ2) is 9.29. The first-order chi connectivity index (χ1) is 17.4. The topological polar surface area (TPSA) is 102 Å². The zero-order chi connectivity index (χ0) is 27.1. The van der Waals surface area contributed by atoms with E-state index in [1.165, 1.54) is 43.0 Å². The summed E-state index contributed by atoms with van der Waals surface area (Å²) in [5.41, 5.74) is -3.02. The van der Waals surface area contributed by atoms with Crippen molar-refractivity contribution < 1.29 is 31.6 Å². The molecule has 13 heteroatoms. The molecule has 0 saturated carbocycles. The van der Waals surface area contributed by atoms with Gasteiger partial charge in [0.15, 0.2) is 17.2 Å². The van der Waals surface area contributed by atoms with E-state index in [2.05, 4.69) is 10.3 Å². The lowest BCUT2D eigenvalue weighted by Gasteiger charge is -2.29. The van der Waals surface area contributed by atoms with E-state index in [0.29, 0.717) is 6.07 Å². The van der Waals surface area contributed by atoms with Crippen molar-refractivity contribution in [3.8, 4) is 6.07 Å². The number of thiocarbonyl (C=S) groups is 1. The summed E-state index contributed by atoms with van der Waals surface area (Å²) in [5, 5.41) is 11.4. The highest BCUT2D eigenvalue weighted by Crippen LogP contribution is 2.39. The van der Waals surface area contributed by atoms with Gasteiger partial charge in [-0.05, 0) is 56.4 Å². The number of nitriles is 1. The van der Waals surface area contributed by atoms with E-state index in [4.69, 9.17) is 21.9 Å². The number of alkyl halides is 3. The summed E-state index contributed by atoms with van der Waals surface area (Å²) in [6.45, 7) is 2.84. The van der Waals surface area contributed by atoms with Gasteiger partial charge in [0.1, 0.15) is 17.6 Å². The number of benzene rings is 2. The van der Waals surface area contributed by atoms with Crippen LogP contribution in [0.1, 0.15) is 41.0 Å². The first kappa shape index (κ1) is 25.8. The third-order valence-electron chi connectivity index (χ3n) is 5.75. The van der Waals surface area contributed by atoms with Crippen LogP contribution in [0.25, 0.3) is 0 Å². The van der Waals surface area contributed by atoms with Crippen molar-refractivity contribution in [2.24, 2.45) is 0 Å². The average Bonchev–Trinajstić information content (AvgIpc) is 3.43. The molecule has 0 aliphatic carbocycles. The number of oxazole rings is 1. The minimum Gasteiger partial charge on any atom is -0.451 e. The Hall–Kier alpha value is -4.31. The van der Waals surface area contributed by atoms with Gasteiger partial charge >= 0.3 is 6.18 Å². The number of rotatable bonds is 5. The first-order valence-corrected chi connectivity index (χ1v) is 11.0. The highest BCUT2D eigenvalue weighted by molar-refractivity contribution is 7.81. The van der Waals surface area contributed by atoms with Gasteiger partial charge in [0.05, 0.1) is 22.9 Å². The fourth-order valence-electron chi connectivity index (χ4n) is 3.87. The summed E-state index contributed by atoms with van der Waals surface area (Å²) >= 11 is 5.45. The molecule has 190 valence electrons. The molecule has 1 aliphatic rings. The van der Waals surface area contributed by atoms with Crippen molar-refractivity contribution in [3.63, 3.8) is 0 Å². The van der Waals surface area contributed by atoms with Crippen molar-refractivity contribution in [1.82, 2.24) is 10.3 Å². The van der Waals surface area contributed by atoms with Crippen molar-refractivity contribution in [2.75, 3.05) is 9.80 Å².